The topological polar surface area (TPSA) is 49.8 Å². The molecular formula is C19H23NO3. The van der Waals surface area contributed by atoms with Gasteiger partial charge in [0.05, 0.1) is 13.0 Å². The predicted octanol–water partition coefficient (Wildman–Crippen LogP) is 3.48. The van der Waals surface area contributed by atoms with Crippen LogP contribution in [0.2, 0.25) is 0 Å². The molecule has 0 saturated carbocycles. The van der Waals surface area contributed by atoms with Crippen molar-refractivity contribution in [2.75, 3.05) is 26.1 Å². The lowest BCUT2D eigenvalue weighted by molar-refractivity contribution is -0.138. The van der Waals surface area contributed by atoms with Crippen LogP contribution in [0, 0.1) is 6.92 Å². The first-order valence-corrected chi connectivity index (χ1v) is 7.56. The van der Waals surface area contributed by atoms with E-state index in [1.165, 1.54) is 0 Å². The number of anilines is 1. The molecule has 0 aromatic heterocycles. The van der Waals surface area contributed by atoms with Crippen LogP contribution in [0.25, 0.3) is 0 Å². The minimum atomic E-state index is -0.828. The molecule has 122 valence electrons. The Bertz CT molecular complexity index is 678. The molecule has 4 heteroatoms. The Kier molecular flexibility index (Phi) is 5.27. The van der Waals surface area contributed by atoms with Gasteiger partial charge in [-0.15, -0.1) is 0 Å². The molecule has 0 spiro atoms. The number of hydrogen-bond donors (Lipinski definition) is 1. The van der Waals surface area contributed by atoms with Crippen LogP contribution in [0.4, 0.5) is 5.69 Å². The minimum absolute atomic E-state index is 0.404. The zero-order valence-electron chi connectivity index (χ0n) is 14.0. The maximum atomic E-state index is 11.8. The van der Waals surface area contributed by atoms with Gasteiger partial charge in [0.1, 0.15) is 5.75 Å². The molecule has 23 heavy (non-hydrogen) atoms. The highest BCUT2D eigenvalue weighted by atomic mass is 16.5. The van der Waals surface area contributed by atoms with E-state index in [9.17, 15) is 9.90 Å². The summed E-state index contributed by atoms with van der Waals surface area (Å²) in [6.07, 6.45) is 0.404. The number of carboxylic acids is 1. The van der Waals surface area contributed by atoms with Gasteiger partial charge in [0, 0.05) is 19.8 Å². The first kappa shape index (κ1) is 16.9. The van der Waals surface area contributed by atoms with E-state index in [4.69, 9.17) is 4.74 Å². The summed E-state index contributed by atoms with van der Waals surface area (Å²) in [5.41, 5.74) is 3.85. The summed E-state index contributed by atoms with van der Waals surface area (Å²) in [6.45, 7) is 1.99. The summed E-state index contributed by atoms with van der Waals surface area (Å²) >= 11 is 0. The first-order chi connectivity index (χ1) is 10.9. The monoisotopic (exact) mass is 313 g/mol. The van der Waals surface area contributed by atoms with E-state index in [-0.39, 0.29) is 0 Å². The summed E-state index contributed by atoms with van der Waals surface area (Å²) < 4.78 is 5.37. The molecule has 0 radical (unpaired) electrons. The standard InChI is InChI=1S/C19H23NO3/c1-13-5-10-18(23-4)15(11-13)12-17(19(21)22)14-6-8-16(9-7-14)20(2)3/h5-11,17H,12H2,1-4H3,(H,21,22). The summed E-state index contributed by atoms with van der Waals surface area (Å²) in [5.74, 6) is -0.695. The van der Waals surface area contributed by atoms with Crippen LogP contribution in [-0.4, -0.2) is 32.3 Å². The number of rotatable bonds is 6. The Morgan fingerprint density at radius 3 is 2.35 bits per heavy atom. The number of nitrogens with zero attached hydrogens (tertiary/aromatic N) is 1. The minimum Gasteiger partial charge on any atom is -0.496 e. The van der Waals surface area contributed by atoms with Crippen LogP contribution in [0.5, 0.6) is 5.75 Å². The van der Waals surface area contributed by atoms with Crippen molar-refractivity contribution in [2.24, 2.45) is 0 Å². The van der Waals surface area contributed by atoms with Crippen LogP contribution < -0.4 is 9.64 Å². The number of methoxy groups -OCH3 is 1. The second kappa shape index (κ2) is 7.18. The molecule has 0 amide bonds. The van der Waals surface area contributed by atoms with Gasteiger partial charge in [-0.3, -0.25) is 4.79 Å². The number of benzene rings is 2. The van der Waals surface area contributed by atoms with Gasteiger partial charge < -0.3 is 14.7 Å². The van der Waals surface area contributed by atoms with Gasteiger partial charge in [0.2, 0.25) is 0 Å². The fraction of sp³-hybridized carbons (Fsp3) is 0.316. The van der Waals surface area contributed by atoms with E-state index in [2.05, 4.69) is 0 Å². The highest BCUT2D eigenvalue weighted by Crippen LogP contribution is 2.28. The molecule has 2 aromatic rings. The number of ether oxygens (including phenoxy) is 1. The highest BCUT2D eigenvalue weighted by molar-refractivity contribution is 5.77. The second-order valence-electron chi connectivity index (χ2n) is 5.90. The fourth-order valence-electron chi connectivity index (χ4n) is 2.64. The Morgan fingerprint density at radius 1 is 1.17 bits per heavy atom. The number of carbonyl (C=O) groups is 1. The average Bonchev–Trinajstić information content (AvgIpc) is 2.52. The van der Waals surface area contributed by atoms with Crippen molar-refractivity contribution in [3.63, 3.8) is 0 Å². The number of carboxylic acid groups (broad SMARTS) is 1. The van der Waals surface area contributed by atoms with Crippen molar-refractivity contribution in [1.29, 1.82) is 0 Å². The van der Waals surface area contributed by atoms with Gasteiger partial charge in [0.15, 0.2) is 0 Å². The van der Waals surface area contributed by atoms with Gasteiger partial charge >= 0.3 is 5.97 Å². The van der Waals surface area contributed by atoms with Gasteiger partial charge in [0.25, 0.3) is 0 Å². The molecule has 2 rings (SSSR count). The van der Waals surface area contributed by atoms with Crippen molar-refractivity contribution < 1.29 is 14.6 Å². The molecule has 4 nitrogen and oxygen atoms in total. The van der Waals surface area contributed by atoms with Crippen molar-refractivity contribution >= 4 is 11.7 Å². The third-order valence-corrected chi connectivity index (χ3v) is 3.97. The van der Waals surface area contributed by atoms with Crippen molar-refractivity contribution in [1.82, 2.24) is 0 Å². The lowest BCUT2D eigenvalue weighted by atomic mass is 9.91. The molecule has 0 heterocycles. The van der Waals surface area contributed by atoms with Crippen LogP contribution in [-0.2, 0) is 11.2 Å². The number of aliphatic carboxylic acids is 1. The van der Waals surface area contributed by atoms with E-state index in [0.29, 0.717) is 6.42 Å². The average molecular weight is 313 g/mol. The molecule has 0 aliphatic rings. The molecule has 1 atom stereocenters. The first-order valence-electron chi connectivity index (χ1n) is 7.56. The Hall–Kier alpha value is -2.49. The van der Waals surface area contributed by atoms with E-state index in [0.717, 1.165) is 28.1 Å². The molecule has 0 bridgehead atoms. The zero-order chi connectivity index (χ0) is 17.0. The lowest BCUT2D eigenvalue weighted by Crippen LogP contribution is -2.15. The quantitative estimate of drug-likeness (QED) is 0.887. The fourth-order valence-corrected chi connectivity index (χ4v) is 2.64. The highest BCUT2D eigenvalue weighted by Gasteiger charge is 2.22. The molecule has 1 unspecified atom stereocenters. The lowest BCUT2D eigenvalue weighted by Gasteiger charge is -2.17. The predicted molar refractivity (Wildman–Crippen MR) is 92.6 cm³/mol. The molecule has 1 N–H and O–H groups in total. The normalized spacial score (nSPS) is 11.8. The van der Waals surface area contributed by atoms with E-state index in [1.807, 2.05) is 68.4 Å². The van der Waals surface area contributed by atoms with Crippen LogP contribution >= 0.6 is 0 Å². The van der Waals surface area contributed by atoms with Crippen molar-refractivity contribution in [2.45, 2.75) is 19.3 Å². The summed E-state index contributed by atoms with van der Waals surface area (Å²) in [7, 11) is 5.53. The largest absolute Gasteiger partial charge is 0.496 e. The summed E-state index contributed by atoms with van der Waals surface area (Å²) in [6, 6.07) is 13.5. The molecule has 0 saturated heterocycles. The third kappa shape index (κ3) is 4.03. The smallest absolute Gasteiger partial charge is 0.311 e. The maximum absolute atomic E-state index is 11.8. The van der Waals surface area contributed by atoms with Gasteiger partial charge in [-0.1, -0.05) is 29.8 Å². The molecule has 0 aliphatic carbocycles. The van der Waals surface area contributed by atoms with E-state index >= 15 is 0 Å². The third-order valence-electron chi connectivity index (χ3n) is 3.97. The van der Waals surface area contributed by atoms with E-state index in [1.54, 1.807) is 7.11 Å². The van der Waals surface area contributed by atoms with Crippen molar-refractivity contribution in [3.8, 4) is 5.75 Å². The van der Waals surface area contributed by atoms with Gasteiger partial charge in [-0.2, -0.15) is 0 Å². The van der Waals surface area contributed by atoms with Crippen LogP contribution in [0.15, 0.2) is 42.5 Å². The van der Waals surface area contributed by atoms with Gasteiger partial charge in [-0.05, 0) is 42.7 Å². The number of hydrogen-bond acceptors (Lipinski definition) is 3. The molecule has 0 aliphatic heterocycles. The SMILES string of the molecule is COc1ccc(C)cc1CC(C(=O)O)c1ccc(N(C)C)cc1. The Labute approximate surface area is 137 Å². The number of aryl methyl sites for hydroxylation is 1. The summed E-state index contributed by atoms with van der Waals surface area (Å²) in [4.78, 5) is 13.7. The van der Waals surface area contributed by atoms with Gasteiger partial charge in [-0.25, -0.2) is 0 Å². The van der Waals surface area contributed by atoms with Crippen molar-refractivity contribution in [3.05, 3.63) is 59.2 Å². The molecule has 0 fully saturated rings. The maximum Gasteiger partial charge on any atom is 0.311 e. The Morgan fingerprint density at radius 2 is 1.83 bits per heavy atom. The molecule has 2 aromatic carbocycles. The zero-order valence-corrected chi connectivity index (χ0v) is 14.0. The summed E-state index contributed by atoms with van der Waals surface area (Å²) in [5, 5.41) is 9.65. The Balaban J connectivity index is 2.32. The second-order valence-corrected chi connectivity index (χ2v) is 5.90. The van der Waals surface area contributed by atoms with E-state index < -0.39 is 11.9 Å². The molecular weight excluding hydrogens is 290 g/mol. The van der Waals surface area contributed by atoms with Crippen LogP contribution in [0.3, 0.4) is 0 Å². The van der Waals surface area contributed by atoms with Crippen LogP contribution in [0.1, 0.15) is 22.6 Å².